The largest absolute Gasteiger partial charge is 0.476 e. The molecule has 0 unspecified atom stereocenters. The zero-order chi connectivity index (χ0) is 28.3. The second-order valence-corrected chi connectivity index (χ2v) is 10.5. The molecular formula is C26H25FN4O7S. The van der Waals surface area contributed by atoms with Gasteiger partial charge in [0, 0.05) is 17.2 Å². The molecule has 0 fully saturated rings. The van der Waals surface area contributed by atoms with Crippen molar-refractivity contribution in [3.05, 3.63) is 83.7 Å². The molecule has 0 aliphatic heterocycles. The summed E-state index contributed by atoms with van der Waals surface area (Å²) in [4.78, 5) is 23.7. The third-order valence-electron chi connectivity index (χ3n) is 5.57. The number of benzene rings is 2. The normalized spacial score (nSPS) is 11.5. The molecule has 2 aromatic carbocycles. The molecule has 0 radical (unpaired) electrons. The number of aromatic nitrogens is 2. The maximum atomic E-state index is 14.0. The Morgan fingerprint density at radius 1 is 1.15 bits per heavy atom. The standard InChI is InChI=1S/C26H25FN4O7S/c1-15(2)24(32)29-18-9-10-21(22(13-18)39(35,36)28-14-20-8-5-11-37-20)38-25-16(3)23(26(33)34)30-31(25)19-7-4-6-17(27)12-19/h4-13,15,28H,14H2,1-3H3,(H,29,32)(H,33,34). The van der Waals surface area contributed by atoms with Gasteiger partial charge in [-0.1, -0.05) is 19.9 Å². The fourth-order valence-electron chi connectivity index (χ4n) is 3.51. The minimum absolute atomic E-state index is 0.0795. The number of carbonyl (C=O) groups is 2. The number of nitrogens with zero attached hydrogens (tertiary/aromatic N) is 2. The van der Waals surface area contributed by atoms with Gasteiger partial charge in [0.2, 0.25) is 21.8 Å². The highest BCUT2D eigenvalue weighted by Crippen LogP contribution is 2.35. The Morgan fingerprint density at radius 3 is 2.56 bits per heavy atom. The first kappa shape index (κ1) is 27.5. The van der Waals surface area contributed by atoms with Gasteiger partial charge in [-0.15, -0.1) is 0 Å². The maximum Gasteiger partial charge on any atom is 0.356 e. The summed E-state index contributed by atoms with van der Waals surface area (Å²) in [5.74, 6) is -2.62. The van der Waals surface area contributed by atoms with E-state index in [2.05, 4.69) is 15.1 Å². The van der Waals surface area contributed by atoms with E-state index < -0.39 is 21.8 Å². The fraction of sp³-hybridized carbons (Fsp3) is 0.192. The van der Waals surface area contributed by atoms with Crippen LogP contribution in [0.25, 0.3) is 5.69 Å². The molecule has 0 bridgehead atoms. The van der Waals surface area contributed by atoms with Crippen LogP contribution >= 0.6 is 0 Å². The molecule has 13 heteroatoms. The number of carbonyl (C=O) groups excluding carboxylic acids is 1. The van der Waals surface area contributed by atoms with E-state index in [1.807, 2.05) is 0 Å². The Bertz CT molecular complexity index is 1630. The topological polar surface area (TPSA) is 153 Å². The Hall–Kier alpha value is -4.49. The third kappa shape index (κ3) is 6.16. The lowest BCUT2D eigenvalue weighted by atomic mass is 10.2. The molecule has 4 rings (SSSR count). The highest BCUT2D eigenvalue weighted by molar-refractivity contribution is 7.89. The number of carboxylic acids is 1. The number of amides is 1. The number of halogens is 1. The average Bonchev–Trinajstić information content (AvgIpc) is 3.52. The summed E-state index contributed by atoms with van der Waals surface area (Å²) in [6.07, 6.45) is 1.40. The van der Waals surface area contributed by atoms with E-state index in [9.17, 15) is 27.5 Å². The number of carboxylic acid groups (broad SMARTS) is 1. The third-order valence-corrected chi connectivity index (χ3v) is 6.99. The van der Waals surface area contributed by atoms with Crippen LogP contribution in [-0.4, -0.2) is 35.2 Å². The van der Waals surface area contributed by atoms with Gasteiger partial charge in [-0.25, -0.2) is 22.3 Å². The number of aromatic carboxylic acids is 1. The van der Waals surface area contributed by atoms with Crippen LogP contribution in [-0.2, 0) is 21.4 Å². The van der Waals surface area contributed by atoms with Gasteiger partial charge in [-0.3, -0.25) is 4.79 Å². The van der Waals surface area contributed by atoms with Crippen LogP contribution in [0.3, 0.4) is 0 Å². The monoisotopic (exact) mass is 556 g/mol. The smallest absolute Gasteiger partial charge is 0.356 e. The average molecular weight is 557 g/mol. The predicted molar refractivity (Wildman–Crippen MR) is 138 cm³/mol. The number of nitrogens with one attached hydrogen (secondary N) is 2. The number of furan rings is 1. The van der Waals surface area contributed by atoms with Gasteiger partial charge in [0.05, 0.1) is 18.5 Å². The zero-order valence-corrected chi connectivity index (χ0v) is 22.0. The van der Waals surface area contributed by atoms with Crippen molar-refractivity contribution in [1.29, 1.82) is 0 Å². The molecule has 2 heterocycles. The van der Waals surface area contributed by atoms with Gasteiger partial charge in [0.25, 0.3) is 0 Å². The Balaban J connectivity index is 1.81. The minimum atomic E-state index is -4.26. The zero-order valence-electron chi connectivity index (χ0n) is 21.1. The van der Waals surface area contributed by atoms with Gasteiger partial charge >= 0.3 is 5.97 Å². The molecule has 0 saturated heterocycles. The number of rotatable bonds is 10. The quantitative estimate of drug-likeness (QED) is 0.259. The molecule has 2 aromatic heterocycles. The highest BCUT2D eigenvalue weighted by Gasteiger charge is 2.27. The van der Waals surface area contributed by atoms with E-state index in [1.54, 1.807) is 26.0 Å². The molecule has 204 valence electrons. The lowest BCUT2D eigenvalue weighted by Crippen LogP contribution is -2.24. The van der Waals surface area contributed by atoms with Crippen molar-refractivity contribution in [3.63, 3.8) is 0 Å². The van der Waals surface area contributed by atoms with Gasteiger partial charge < -0.3 is 19.6 Å². The Labute approximate surface area is 223 Å². The van der Waals surface area contributed by atoms with Crippen molar-refractivity contribution < 1.29 is 36.7 Å². The minimum Gasteiger partial charge on any atom is -0.476 e. The first-order chi connectivity index (χ1) is 18.5. The summed E-state index contributed by atoms with van der Waals surface area (Å²) in [6.45, 7) is 4.64. The summed E-state index contributed by atoms with van der Waals surface area (Å²) in [5.41, 5.74) is 0.0639. The van der Waals surface area contributed by atoms with Gasteiger partial charge in [0.15, 0.2) is 5.69 Å². The van der Waals surface area contributed by atoms with Crippen molar-refractivity contribution in [2.24, 2.45) is 5.92 Å². The van der Waals surface area contributed by atoms with Crippen LogP contribution in [0, 0.1) is 18.7 Å². The van der Waals surface area contributed by atoms with Crippen LogP contribution in [0.2, 0.25) is 0 Å². The number of hydrogen-bond donors (Lipinski definition) is 3. The second-order valence-electron chi connectivity index (χ2n) is 8.79. The summed E-state index contributed by atoms with van der Waals surface area (Å²) < 4.78 is 55.4. The molecule has 0 aliphatic carbocycles. The number of hydrogen-bond acceptors (Lipinski definition) is 7. The van der Waals surface area contributed by atoms with Crippen LogP contribution in [0.1, 0.15) is 35.7 Å². The van der Waals surface area contributed by atoms with Gasteiger partial charge in [-0.2, -0.15) is 9.78 Å². The predicted octanol–water partition coefficient (Wildman–Crippen LogP) is 4.48. The number of sulfonamides is 1. The number of anilines is 1. The molecule has 1 amide bonds. The van der Waals surface area contributed by atoms with Crippen LogP contribution in [0.4, 0.5) is 10.1 Å². The maximum absolute atomic E-state index is 14.0. The van der Waals surface area contributed by atoms with Crippen LogP contribution < -0.4 is 14.8 Å². The SMILES string of the molecule is Cc1c(C(=O)O)nn(-c2cccc(F)c2)c1Oc1ccc(NC(=O)C(C)C)cc1S(=O)(=O)NCc1ccco1. The van der Waals surface area contributed by atoms with Gasteiger partial charge in [-0.05, 0) is 55.5 Å². The van der Waals surface area contributed by atoms with Crippen LogP contribution in [0.15, 0.2) is 70.2 Å². The van der Waals surface area contributed by atoms with E-state index in [4.69, 9.17) is 9.15 Å². The van der Waals surface area contributed by atoms with Gasteiger partial charge in [0.1, 0.15) is 22.2 Å². The molecule has 0 spiro atoms. The van der Waals surface area contributed by atoms with Crippen LogP contribution in [0.5, 0.6) is 11.6 Å². The first-order valence-corrected chi connectivity index (χ1v) is 13.2. The molecule has 0 aliphatic rings. The molecule has 39 heavy (non-hydrogen) atoms. The van der Waals surface area contributed by atoms with E-state index in [1.165, 1.54) is 49.6 Å². The molecule has 0 atom stereocenters. The van der Waals surface area contributed by atoms with E-state index in [0.717, 1.165) is 10.7 Å². The van der Waals surface area contributed by atoms with Crippen molar-refractivity contribution in [3.8, 4) is 17.3 Å². The Kier molecular flexibility index (Phi) is 7.83. The van der Waals surface area contributed by atoms with E-state index >= 15 is 0 Å². The van der Waals surface area contributed by atoms with E-state index in [-0.39, 0.29) is 57.5 Å². The summed E-state index contributed by atoms with van der Waals surface area (Å²) in [5, 5.41) is 16.3. The first-order valence-electron chi connectivity index (χ1n) is 11.7. The van der Waals surface area contributed by atoms with Crippen molar-refractivity contribution >= 4 is 27.6 Å². The molecular weight excluding hydrogens is 531 g/mol. The fourth-order valence-corrected chi connectivity index (χ4v) is 4.66. The lowest BCUT2D eigenvalue weighted by Gasteiger charge is -2.16. The molecule has 3 N–H and O–H groups in total. The van der Waals surface area contributed by atoms with Crippen molar-refractivity contribution in [2.45, 2.75) is 32.2 Å². The van der Waals surface area contributed by atoms with E-state index in [0.29, 0.717) is 5.76 Å². The second kappa shape index (κ2) is 11.1. The van der Waals surface area contributed by atoms with Crippen molar-refractivity contribution in [2.75, 3.05) is 5.32 Å². The van der Waals surface area contributed by atoms with Crippen molar-refractivity contribution in [1.82, 2.24) is 14.5 Å². The molecule has 4 aromatic rings. The molecule has 11 nitrogen and oxygen atoms in total. The molecule has 0 saturated carbocycles. The lowest BCUT2D eigenvalue weighted by molar-refractivity contribution is -0.118. The number of ether oxygens (including phenoxy) is 1. The highest BCUT2D eigenvalue weighted by atomic mass is 32.2. The Morgan fingerprint density at radius 2 is 1.92 bits per heavy atom. The summed E-state index contributed by atoms with van der Waals surface area (Å²) in [6, 6.07) is 12.4. The summed E-state index contributed by atoms with van der Waals surface area (Å²) in [7, 11) is -4.26. The summed E-state index contributed by atoms with van der Waals surface area (Å²) >= 11 is 0.